The summed E-state index contributed by atoms with van der Waals surface area (Å²) in [6, 6.07) is 13.6. The lowest BCUT2D eigenvalue weighted by Crippen LogP contribution is -2.45. The highest BCUT2D eigenvalue weighted by Gasteiger charge is 2.26. The number of hydrogen-bond donors (Lipinski definition) is 3. The number of nitrogens with one attached hydrogen (secondary N) is 2. The first-order valence-corrected chi connectivity index (χ1v) is 9.00. The predicted octanol–water partition coefficient (Wildman–Crippen LogP) is 1.72. The number of benzene rings is 2. The van der Waals surface area contributed by atoms with Crippen LogP contribution in [0.5, 0.6) is 0 Å². The van der Waals surface area contributed by atoms with Crippen molar-refractivity contribution in [2.45, 2.75) is 19.9 Å². The maximum Gasteiger partial charge on any atom is 0.329 e. The molecule has 2 aromatic rings. The molecule has 0 spiro atoms. The van der Waals surface area contributed by atoms with E-state index in [0.29, 0.717) is 16.8 Å². The number of carbonyl (C=O) groups excluding carboxylic acids is 4. The first-order valence-electron chi connectivity index (χ1n) is 9.00. The Labute approximate surface area is 168 Å². The molecule has 29 heavy (non-hydrogen) atoms. The Morgan fingerprint density at radius 1 is 0.931 bits per heavy atom. The maximum absolute atomic E-state index is 12.4. The Bertz CT molecular complexity index is 879. The van der Waals surface area contributed by atoms with E-state index >= 15 is 0 Å². The van der Waals surface area contributed by atoms with Crippen molar-refractivity contribution in [1.82, 2.24) is 5.32 Å². The number of esters is 1. The van der Waals surface area contributed by atoms with Gasteiger partial charge in [-0.05, 0) is 42.3 Å². The second-order valence-corrected chi connectivity index (χ2v) is 6.66. The van der Waals surface area contributed by atoms with Gasteiger partial charge in [0.05, 0.1) is 0 Å². The topological polar surface area (TPSA) is 128 Å². The number of carbonyl (C=O) groups is 4. The summed E-state index contributed by atoms with van der Waals surface area (Å²) in [6.07, 6.45) is 0. The van der Waals surface area contributed by atoms with E-state index in [1.807, 2.05) is 0 Å². The molecule has 0 saturated heterocycles. The minimum atomic E-state index is -0.898. The van der Waals surface area contributed by atoms with E-state index in [1.54, 1.807) is 44.2 Å². The van der Waals surface area contributed by atoms with Gasteiger partial charge in [0.1, 0.15) is 6.04 Å². The normalized spacial score (nSPS) is 11.4. The van der Waals surface area contributed by atoms with Gasteiger partial charge in [-0.15, -0.1) is 0 Å². The first kappa shape index (κ1) is 21.6. The number of anilines is 1. The molecule has 4 N–H and O–H groups in total. The van der Waals surface area contributed by atoms with Crippen molar-refractivity contribution in [3.63, 3.8) is 0 Å². The molecule has 0 aliphatic heterocycles. The molecule has 8 heteroatoms. The summed E-state index contributed by atoms with van der Waals surface area (Å²) in [7, 11) is 0. The van der Waals surface area contributed by atoms with E-state index in [1.165, 1.54) is 24.3 Å². The summed E-state index contributed by atoms with van der Waals surface area (Å²) in [6.45, 7) is 3.01. The Morgan fingerprint density at radius 2 is 1.55 bits per heavy atom. The van der Waals surface area contributed by atoms with Gasteiger partial charge in [-0.3, -0.25) is 14.4 Å². The van der Waals surface area contributed by atoms with Gasteiger partial charge in [-0.2, -0.15) is 0 Å². The molecule has 1 atom stereocenters. The maximum atomic E-state index is 12.4. The zero-order valence-corrected chi connectivity index (χ0v) is 16.2. The van der Waals surface area contributed by atoms with Gasteiger partial charge >= 0.3 is 5.97 Å². The van der Waals surface area contributed by atoms with Crippen LogP contribution in [0.15, 0.2) is 54.6 Å². The van der Waals surface area contributed by atoms with Crippen molar-refractivity contribution in [3.05, 3.63) is 65.7 Å². The minimum absolute atomic E-state index is 0.237. The molecule has 0 aromatic heterocycles. The van der Waals surface area contributed by atoms with Crippen LogP contribution in [-0.4, -0.2) is 36.3 Å². The van der Waals surface area contributed by atoms with Gasteiger partial charge in [0.2, 0.25) is 5.91 Å². The summed E-state index contributed by atoms with van der Waals surface area (Å²) >= 11 is 0. The standard InChI is InChI=1S/C21H23N3O5/c1-13(2)18(24-20(27)15-6-4-3-5-7-15)21(28)29-12-17(25)23-16-10-8-14(9-11-16)19(22)26/h3-11,13,18H,12H2,1-2H3,(H2,22,26)(H,23,25)(H,24,27)/t18-/m0/s1. The molecule has 3 amide bonds. The third-order valence-corrected chi connectivity index (χ3v) is 4.04. The molecule has 0 unspecified atom stereocenters. The zero-order chi connectivity index (χ0) is 21.4. The van der Waals surface area contributed by atoms with Crippen LogP contribution in [-0.2, 0) is 14.3 Å². The van der Waals surface area contributed by atoms with Gasteiger partial charge in [-0.1, -0.05) is 32.0 Å². The number of ether oxygens (including phenoxy) is 1. The smallest absolute Gasteiger partial charge is 0.329 e. The summed E-state index contributed by atoms with van der Waals surface area (Å²) in [5, 5.41) is 5.18. The number of amides is 3. The lowest BCUT2D eigenvalue weighted by atomic mass is 10.0. The Morgan fingerprint density at radius 3 is 2.10 bits per heavy atom. The lowest BCUT2D eigenvalue weighted by Gasteiger charge is -2.20. The van der Waals surface area contributed by atoms with E-state index in [4.69, 9.17) is 10.5 Å². The fourth-order valence-corrected chi connectivity index (χ4v) is 2.45. The molecule has 2 aromatic carbocycles. The van der Waals surface area contributed by atoms with E-state index in [2.05, 4.69) is 10.6 Å². The van der Waals surface area contributed by atoms with Crippen molar-refractivity contribution >= 4 is 29.4 Å². The highest BCUT2D eigenvalue weighted by molar-refractivity contribution is 5.98. The zero-order valence-electron chi connectivity index (χ0n) is 16.2. The molecule has 0 aliphatic carbocycles. The molecule has 0 fully saturated rings. The molecule has 2 rings (SSSR count). The van der Waals surface area contributed by atoms with Crippen LogP contribution in [0.2, 0.25) is 0 Å². The fraction of sp³-hybridized carbons (Fsp3) is 0.238. The van der Waals surface area contributed by atoms with Gasteiger partial charge < -0.3 is 21.1 Å². The molecule has 0 radical (unpaired) electrons. The lowest BCUT2D eigenvalue weighted by molar-refractivity contribution is -0.150. The summed E-state index contributed by atoms with van der Waals surface area (Å²) < 4.78 is 5.06. The van der Waals surface area contributed by atoms with Crippen LogP contribution in [0.25, 0.3) is 0 Å². The van der Waals surface area contributed by atoms with Gasteiger partial charge in [-0.25, -0.2) is 4.79 Å². The third-order valence-electron chi connectivity index (χ3n) is 4.04. The van der Waals surface area contributed by atoms with Crippen LogP contribution >= 0.6 is 0 Å². The number of rotatable bonds is 8. The van der Waals surface area contributed by atoms with Crippen LogP contribution in [0.3, 0.4) is 0 Å². The monoisotopic (exact) mass is 397 g/mol. The second-order valence-electron chi connectivity index (χ2n) is 6.66. The number of primary amides is 1. The number of nitrogens with two attached hydrogens (primary N) is 1. The molecule has 0 heterocycles. The van der Waals surface area contributed by atoms with Gasteiger partial charge in [0, 0.05) is 16.8 Å². The highest BCUT2D eigenvalue weighted by Crippen LogP contribution is 2.10. The van der Waals surface area contributed by atoms with Crippen molar-refractivity contribution in [3.8, 4) is 0 Å². The molecule has 8 nitrogen and oxygen atoms in total. The predicted molar refractivity (Wildman–Crippen MR) is 107 cm³/mol. The first-order chi connectivity index (χ1) is 13.8. The second kappa shape index (κ2) is 10.0. The summed E-state index contributed by atoms with van der Waals surface area (Å²) in [4.78, 5) is 47.7. The molecule has 0 bridgehead atoms. The SMILES string of the molecule is CC(C)[C@H](NC(=O)c1ccccc1)C(=O)OCC(=O)Nc1ccc(C(N)=O)cc1. The van der Waals surface area contributed by atoms with Crippen molar-refractivity contribution in [2.24, 2.45) is 11.7 Å². The average Bonchev–Trinajstić information content (AvgIpc) is 2.70. The highest BCUT2D eigenvalue weighted by atomic mass is 16.5. The van der Waals surface area contributed by atoms with E-state index in [0.717, 1.165) is 0 Å². The van der Waals surface area contributed by atoms with E-state index in [9.17, 15) is 19.2 Å². The van der Waals surface area contributed by atoms with Crippen molar-refractivity contribution in [1.29, 1.82) is 0 Å². The average molecular weight is 397 g/mol. The van der Waals surface area contributed by atoms with Crippen LogP contribution in [0, 0.1) is 5.92 Å². The molecule has 152 valence electrons. The van der Waals surface area contributed by atoms with Gasteiger partial charge in [0.25, 0.3) is 11.8 Å². The van der Waals surface area contributed by atoms with Crippen molar-refractivity contribution < 1.29 is 23.9 Å². The largest absolute Gasteiger partial charge is 0.454 e. The van der Waals surface area contributed by atoms with Gasteiger partial charge in [0.15, 0.2) is 6.61 Å². The Balaban J connectivity index is 1.89. The van der Waals surface area contributed by atoms with E-state index in [-0.39, 0.29) is 5.92 Å². The third kappa shape index (κ3) is 6.46. The van der Waals surface area contributed by atoms with Crippen LogP contribution < -0.4 is 16.4 Å². The quantitative estimate of drug-likeness (QED) is 0.585. The van der Waals surface area contributed by atoms with E-state index < -0.39 is 36.3 Å². The van der Waals surface area contributed by atoms with Crippen molar-refractivity contribution in [2.75, 3.05) is 11.9 Å². The fourth-order valence-electron chi connectivity index (χ4n) is 2.45. The molecular formula is C21H23N3O5. The Hall–Kier alpha value is -3.68. The molecular weight excluding hydrogens is 374 g/mol. The van der Waals surface area contributed by atoms with Crippen LogP contribution in [0.4, 0.5) is 5.69 Å². The minimum Gasteiger partial charge on any atom is -0.454 e. The summed E-state index contributed by atoms with van der Waals surface area (Å²) in [5.41, 5.74) is 6.31. The summed E-state index contributed by atoms with van der Waals surface area (Å²) in [5.74, 6) is -2.47. The Kier molecular flexibility index (Phi) is 7.47. The molecule has 0 aliphatic rings. The molecule has 0 saturated carbocycles. The number of hydrogen-bond acceptors (Lipinski definition) is 5. The van der Waals surface area contributed by atoms with Crippen LogP contribution in [0.1, 0.15) is 34.6 Å².